The van der Waals surface area contributed by atoms with E-state index in [1.54, 1.807) is 5.38 Å². The standard InChI is InChI=1S/C6H7N5O2S/c7-6(8)10-9-2-4-1-5(11(12)13)14-3-4/h1-3H,(H4,7,8,10)/b9-2+. The summed E-state index contributed by atoms with van der Waals surface area (Å²) in [5.74, 6) is -0.161. The third-order valence-corrected chi connectivity index (χ3v) is 2.06. The minimum absolute atomic E-state index is 0.0520. The number of guanidine groups is 1. The Balaban J connectivity index is 2.74. The molecule has 0 bridgehead atoms. The summed E-state index contributed by atoms with van der Waals surface area (Å²) in [7, 11) is 0. The molecule has 1 aromatic rings. The third kappa shape index (κ3) is 2.83. The summed E-state index contributed by atoms with van der Waals surface area (Å²) < 4.78 is 0. The van der Waals surface area contributed by atoms with Crippen LogP contribution < -0.4 is 11.5 Å². The van der Waals surface area contributed by atoms with E-state index in [0.717, 1.165) is 11.3 Å². The molecule has 0 saturated carbocycles. The number of nitro groups is 1. The predicted octanol–water partition coefficient (Wildman–Crippen LogP) is 0.264. The zero-order valence-corrected chi connectivity index (χ0v) is 7.77. The molecule has 0 unspecified atom stereocenters. The van der Waals surface area contributed by atoms with Crippen molar-refractivity contribution in [3.05, 3.63) is 27.1 Å². The molecule has 7 nitrogen and oxygen atoms in total. The molecule has 0 aliphatic carbocycles. The Morgan fingerprint density at radius 1 is 1.64 bits per heavy atom. The van der Waals surface area contributed by atoms with Crippen molar-refractivity contribution in [2.24, 2.45) is 21.7 Å². The van der Waals surface area contributed by atoms with Gasteiger partial charge in [0.15, 0.2) is 0 Å². The van der Waals surface area contributed by atoms with E-state index < -0.39 is 4.92 Å². The Hall–Kier alpha value is -1.96. The first-order valence-corrected chi connectivity index (χ1v) is 4.32. The fourth-order valence-corrected chi connectivity index (χ4v) is 1.34. The highest BCUT2D eigenvalue weighted by molar-refractivity contribution is 7.13. The zero-order valence-electron chi connectivity index (χ0n) is 6.95. The second kappa shape index (κ2) is 4.33. The summed E-state index contributed by atoms with van der Waals surface area (Å²) in [6, 6.07) is 1.39. The van der Waals surface area contributed by atoms with E-state index in [2.05, 4.69) is 10.2 Å². The summed E-state index contributed by atoms with van der Waals surface area (Å²) in [6.07, 6.45) is 1.34. The average molecular weight is 213 g/mol. The fraction of sp³-hybridized carbons (Fsp3) is 0. The monoisotopic (exact) mass is 213 g/mol. The molecule has 4 N–H and O–H groups in total. The van der Waals surface area contributed by atoms with Crippen molar-refractivity contribution in [3.8, 4) is 0 Å². The highest BCUT2D eigenvalue weighted by Gasteiger charge is 2.07. The Labute approximate surface area is 82.9 Å². The molecule has 0 amide bonds. The number of nitrogens with two attached hydrogens (primary N) is 2. The van der Waals surface area contributed by atoms with Gasteiger partial charge < -0.3 is 11.5 Å². The van der Waals surface area contributed by atoms with Crippen molar-refractivity contribution in [1.82, 2.24) is 0 Å². The lowest BCUT2D eigenvalue weighted by Gasteiger charge is -1.82. The first kappa shape index (κ1) is 10.1. The largest absolute Gasteiger partial charge is 0.369 e. The molecule has 0 saturated heterocycles. The van der Waals surface area contributed by atoms with Gasteiger partial charge in [-0.15, -0.1) is 5.10 Å². The van der Waals surface area contributed by atoms with Crippen LogP contribution in [-0.2, 0) is 0 Å². The molecule has 0 spiro atoms. The molecule has 0 fully saturated rings. The van der Waals surface area contributed by atoms with Gasteiger partial charge in [-0.1, -0.05) is 11.3 Å². The van der Waals surface area contributed by atoms with Crippen LogP contribution in [0, 0.1) is 10.1 Å². The van der Waals surface area contributed by atoms with Gasteiger partial charge >= 0.3 is 5.00 Å². The summed E-state index contributed by atoms with van der Waals surface area (Å²) in [5, 5.41) is 18.8. The molecule has 0 aliphatic heterocycles. The average Bonchev–Trinajstić information content (AvgIpc) is 2.52. The smallest absolute Gasteiger partial charge is 0.324 e. The first-order valence-electron chi connectivity index (χ1n) is 3.44. The van der Waals surface area contributed by atoms with Crippen LogP contribution in [0.4, 0.5) is 5.00 Å². The molecule has 0 radical (unpaired) electrons. The van der Waals surface area contributed by atoms with Crippen molar-refractivity contribution in [2.45, 2.75) is 0 Å². The van der Waals surface area contributed by atoms with Gasteiger partial charge in [-0.2, -0.15) is 5.10 Å². The van der Waals surface area contributed by atoms with E-state index >= 15 is 0 Å². The molecule has 1 rings (SSSR count). The maximum absolute atomic E-state index is 10.3. The highest BCUT2D eigenvalue weighted by Crippen LogP contribution is 2.21. The summed E-state index contributed by atoms with van der Waals surface area (Å²) in [6.45, 7) is 0. The van der Waals surface area contributed by atoms with Gasteiger partial charge in [-0.05, 0) is 0 Å². The summed E-state index contributed by atoms with van der Waals surface area (Å²) >= 11 is 1.02. The van der Waals surface area contributed by atoms with Crippen molar-refractivity contribution in [1.29, 1.82) is 0 Å². The van der Waals surface area contributed by atoms with Crippen LogP contribution in [0.15, 0.2) is 21.6 Å². The molecule has 1 heterocycles. The Bertz CT molecular complexity index is 393. The Morgan fingerprint density at radius 2 is 2.36 bits per heavy atom. The van der Waals surface area contributed by atoms with Crippen molar-refractivity contribution < 1.29 is 4.92 Å². The van der Waals surface area contributed by atoms with Crippen LogP contribution in [0.3, 0.4) is 0 Å². The van der Waals surface area contributed by atoms with Crippen LogP contribution in [0.2, 0.25) is 0 Å². The summed E-state index contributed by atoms with van der Waals surface area (Å²) in [5.41, 5.74) is 10.6. The molecule has 1 aromatic heterocycles. The fourth-order valence-electron chi connectivity index (χ4n) is 0.665. The van der Waals surface area contributed by atoms with Crippen LogP contribution in [0.1, 0.15) is 5.56 Å². The van der Waals surface area contributed by atoms with Gasteiger partial charge in [0.05, 0.1) is 11.1 Å². The molecular formula is C6H7N5O2S. The zero-order chi connectivity index (χ0) is 10.6. The lowest BCUT2D eigenvalue weighted by molar-refractivity contribution is -0.380. The Kier molecular flexibility index (Phi) is 3.13. The topological polar surface area (TPSA) is 120 Å². The molecular weight excluding hydrogens is 206 g/mol. The number of nitrogens with zero attached hydrogens (tertiary/aromatic N) is 3. The lowest BCUT2D eigenvalue weighted by Crippen LogP contribution is -2.21. The summed E-state index contributed by atoms with van der Waals surface area (Å²) in [4.78, 5) is 9.83. The van der Waals surface area contributed by atoms with Crippen LogP contribution in [0.5, 0.6) is 0 Å². The van der Waals surface area contributed by atoms with E-state index in [4.69, 9.17) is 11.5 Å². The molecule has 74 valence electrons. The van der Waals surface area contributed by atoms with Gasteiger partial charge in [0, 0.05) is 17.0 Å². The number of hydrogen-bond acceptors (Lipinski definition) is 5. The predicted molar refractivity (Wildman–Crippen MR) is 54.4 cm³/mol. The minimum atomic E-state index is -0.470. The SMILES string of the molecule is NC(N)=N/N=C/c1csc([N+](=O)[O-])c1. The number of rotatable bonds is 3. The second-order valence-corrected chi connectivity index (χ2v) is 3.13. The first-order chi connectivity index (χ1) is 6.59. The van der Waals surface area contributed by atoms with Crippen molar-refractivity contribution in [2.75, 3.05) is 0 Å². The molecule has 0 aliphatic rings. The molecule has 8 heteroatoms. The third-order valence-electron chi connectivity index (χ3n) is 1.17. The second-order valence-electron chi connectivity index (χ2n) is 2.24. The normalized spacial score (nSPS) is 10.3. The van der Waals surface area contributed by atoms with E-state index in [1.165, 1.54) is 12.3 Å². The van der Waals surface area contributed by atoms with Gasteiger partial charge in [-0.25, -0.2) is 0 Å². The van der Waals surface area contributed by atoms with E-state index in [-0.39, 0.29) is 11.0 Å². The molecule has 14 heavy (non-hydrogen) atoms. The van der Waals surface area contributed by atoms with Gasteiger partial charge in [0.2, 0.25) is 5.96 Å². The van der Waals surface area contributed by atoms with Crippen LogP contribution in [0.25, 0.3) is 0 Å². The van der Waals surface area contributed by atoms with Crippen LogP contribution >= 0.6 is 11.3 Å². The quantitative estimate of drug-likeness (QED) is 0.324. The van der Waals surface area contributed by atoms with Crippen molar-refractivity contribution >= 4 is 28.5 Å². The van der Waals surface area contributed by atoms with E-state index in [1.807, 2.05) is 0 Å². The molecule has 0 atom stereocenters. The Morgan fingerprint density at radius 3 is 2.86 bits per heavy atom. The molecule has 0 aromatic carbocycles. The minimum Gasteiger partial charge on any atom is -0.369 e. The van der Waals surface area contributed by atoms with Gasteiger partial charge in [0.25, 0.3) is 0 Å². The van der Waals surface area contributed by atoms with Gasteiger partial charge in [0.1, 0.15) is 0 Å². The van der Waals surface area contributed by atoms with Crippen molar-refractivity contribution in [3.63, 3.8) is 0 Å². The van der Waals surface area contributed by atoms with Gasteiger partial charge in [-0.3, -0.25) is 10.1 Å². The maximum atomic E-state index is 10.3. The number of thiophene rings is 1. The lowest BCUT2D eigenvalue weighted by atomic mass is 10.4. The van der Waals surface area contributed by atoms with Crippen LogP contribution in [-0.4, -0.2) is 17.1 Å². The van der Waals surface area contributed by atoms with E-state index in [0.29, 0.717) is 5.56 Å². The van der Waals surface area contributed by atoms with E-state index in [9.17, 15) is 10.1 Å². The highest BCUT2D eigenvalue weighted by atomic mass is 32.1. The maximum Gasteiger partial charge on any atom is 0.324 e. The number of hydrogen-bond donors (Lipinski definition) is 2.